The van der Waals surface area contributed by atoms with E-state index in [1.807, 2.05) is 25.3 Å². The molecular formula is C21H27FN4. The van der Waals surface area contributed by atoms with Crippen LogP contribution in [0.5, 0.6) is 0 Å². The Morgan fingerprint density at radius 2 is 2.08 bits per heavy atom. The van der Waals surface area contributed by atoms with Crippen LogP contribution in [0, 0.1) is 12.7 Å². The molecule has 2 N–H and O–H groups in total. The molecule has 4 nitrogen and oxygen atoms in total. The molecule has 1 aliphatic rings. The molecule has 2 aromatic rings. The van der Waals surface area contributed by atoms with Gasteiger partial charge in [0.15, 0.2) is 5.96 Å². The molecule has 0 unspecified atom stereocenters. The second-order valence-corrected chi connectivity index (χ2v) is 6.97. The number of nitrogens with zero attached hydrogens (tertiary/aromatic N) is 2. The number of aliphatic imine (C=N–C) groups is 1. The third-order valence-electron chi connectivity index (χ3n) is 4.85. The lowest BCUT2D eigenvalue weighted by Gasteiger charge is -2.16. The number of aryl methyl sites for hydroxylation is 1. The van der Waals surface area contributed by atoms with Crippen molar-refractivity contribution in [2.45, 2.75) is 38.5 Å². The van der Waals surface area contributed by atoms with Gasteiger partial charge in [0.05, 0.1) is 6.54 Å². The maximum atomic E-state index is 13.5. The van der Waals surface area contributed by atoms with Crippen LogP contribution in [0.4, 0.5) is 4.39 Å². The summed E-state index contributed by atoms with van der Waals surface area (Å²) in [7, 11) is 0. The summed E-state index contributed by atoms with van der Waals surface area (Å²) in [6.45, 7) is 6.33. The molecule has 5 heteroatoms. The maximum Gasteiger partial charge on any atom is 0.191 e. The van der Waals surface area contributed by atoms with Crippen molar-refractivity contribution in [1.82, 2.24) is 15.6 Å². The van der Waals surface area contributed by atoms with E-state index in [9.17, 15) is 4.39 Å². The number of benzene rings is 1. The van der Waals surface area contributed by atoms with Gasteiger partial charge in [-0.1, -0.05) is 18.2 Å². The molecule has 0 atom stereocenters. The number of nitrogens with one attached hydrogen (secondary N) is 2. The van der Waals surface area contributed by atoms with Crippen molar-refractivity contribution >= 4 is 5.96 Å². The van der Waals surface area contributed by atoms with Crippen molar-refractivity contribution in [3.8, 4) is 0 Å². The normalized spacial score (nSPS) is 15.6. The van der Waals surface area contributed by atoms with E-state index >= 15 is 0 Å². The number of aromatic nitrogens is 1. The van der Waals surface area contributed by atoms with E-state index in [0.717, 1.165) is 49.6 Å². The van der Waals surface area contributed by atoms with Crippen LogP contribution in [0.15, 0.2) is 47.6 Å². The van der Waals surface area contributed by atoms with E-state index in [0.29, 0.717) is 6.54 Å². The van der Waals surface area contributed by atoms with Crippen LogP contribution in [0.1, 0.15) is 36.6 Å². The highest BCUT2D eigenvalue weighted by Crippen LogP contribution is 2.48. The highest BCUT2D eigenvalue weighted by Gasteiger charge is 2.44. The lowest BCUT2D eigenvalue weighted by Crippen LogP contribution is -2.39. The fourth-order valence-electron chi connectivity index (χ4n) is 3.05. The first-order chi connectivity index (χ1) is 12.6. The summed E-state index contributed by atoms with van der Waals surface area (Å²) >= 11 is 0. The third-order valence-corrected chi connectivity index (χ3v) is 4.85. The molecule has 0 saturated heterocycles. The Hall–Kier alpha value is -2.43. The van der Waals surface area contributed by atoms with Crippen molar-refractivity contribution in [1.29, 1.82) is 0 Å². The predicted molar refractivity (Wildman–Crippen MR) is 104 cm³/mol. The zero-order valence-electron chi connectivity index (χ0n) is 15.6. The van der Waals surface area contributed by atoms with Crippen molar-refractivity contribution < 1.29 is 4.39 Å². The van der Waals surface area contributed by atoms with Crippen LogP contribution in [0.25, 0.3) is 0 Å². The molecule has 26 heavy (non-hydrogen) atoms. The topological polar surface area (TPSA) is 49.3 Å². The Labute approximate surface area is 155 Å². The molecule has 1 heterocycles. The van der Waals surface area contributed by atoms with Crippen LogP contribution in [-0.4, -0.2) is 30.6 Å². The van der Waals surface area contributed by atoms with Crippen LogP contribution in [-0.2, 0) is 11.8 Å². The average molecular weight is 354 g/mol. The van der Waals surface area contributed by atoms with Gasteiger partial charge in [0, 0.05) is 30.4 Å². The van der Waals surface area contributed by atoms with Crippen molar-refractivity contribution in [3.63, 3.8) is 0 Å². The van der Waals surface area contributed by atoms with Crippen LogP contribution in [0.2, 0.25) is 0 Å². The molecule has 0 bridgehead atoms. The van der Waals surface area contributed by atoms with Gasteiger partial charge in [-0.05, 0) is 62.4 Å². The zero-order chi connectivity index (χ0) is 18.4. The quantitative estimate of drug-likeness (QED) is 0.592. The van der Waals surface area contributed by atoms with Crippen LogP contribution in [0.3, 0.4) is 0 Å². The summed E-state index contributed by atoms with van der Waals surface area (Å²) in [6, 6.07) is 11.1. The molecule has 1 saturated carbocycles. The minimum absolute atomic E-state index is 0.00529. The van der Waals surface area contributed by atoms with Gasteiger partial charge in [-0.15, -0.1) is 0 Å². The Kier molecular flexibility index (Phi) is 5.86. The highest BCUT2D eigenvalue weighted by atomic mass is 19.1. The highest BCUT2D eigenvalue weighted by molar-refractivity contribution is 5.79. The Bertz CT molecular complexity index is 751. The van der Waals surface area contributed by atoms with E-state index in [1.165, 1.54) is 11.6 Å². The fraction of sp³-hybridized carbons (Fsp3) is 0.429. The van der Waals surface area contributed by atoms with Crippen molar-refractivity contribution in [2.75, 3.05) is 19.6 Å². The summed E-state index contributed by atoms with van der Waals surface area (Å²) in [4.78, 5) is 9.08. The SMILES string of the molecule is CCNC(=NCC1(c2cccc(F)c2)CC1)NCCc1ccc(C)nc1. The van der Waals surface area contributed by atoms with Gasteiger partial charge < -0.3 is 10.6 Å². The Balaban J connectivity index is 1.57. The van der Waals surface area contributed by atoms with Crippen molar-refractivity contribution in [2.24, 2.45) is 4.99 Å². The minimum Gasteiger partial charge on any atom is -0.357 e. The number of halogens is 1. The molecule has 138 valence electrons. The number of pyridine rings is 1. The molecule has 1 aromatic heterocycles. The first-order valence-corrected chi connectivity index (χ1v) is 9.31. The number of rotatable bonds is 7. The fourth-order valence-corrected chi connectivity index (χ4v) is 3.05. The summed E-state index contributed by atoms with van der Waals surface area (Å²) in [5.74, 6) is 0.643. The standard InChI is InChI=1S/C21H27FN4/c1-3-23-20(24-12-9-17-8-7-16(2)25-14-17)26-15-21(10-11-21)18-5-4-6-19(22)13-18/h4-8,13-14H,3,9-12,15H2,1-2H3,(H2,23,24,26). The van der Waals surface area contributed by atoms with Gasteiger partial charge in [0.25, 0.3) is 0 Å². The molecule has 1 aromatic carbocycles. The summed E-state index contributed by atoms with van der Waals surface area (Å²) in [6.07, 6.45) is 4.94. The molecule has 1 aliphatic carbocycles. The molecule has 3 rings (SSSR count). The van der Waals surface area contributed by atoms with E-state index < -0.39 is 0 Å². The first kappa shape index (κ1) is 18.4. The molecule has 1 fully saturated rings. The molecule has 0 amide bonds. The number of hydrogen-bond donors (Lipinski definition) is 2. The monoisotopic (exact) mass is 354 g/mol. The van der Waals surface area contributed by atoms with Crippen LogP contribution < -0.4 is 10.6 Å². The largest absolute Gasteiger partial charge is 0.357 e. The van der Waals surface area contributed by atoms with Gasteiger partial charge >= 0.3 is 0 Å². The van der Waals surface area contributed by atoms with Gasteiger partial charge in [-0.25, -0.2) is 4.39 Å². The first-order valence-electron chi connectivity index (χ1n) is 9.31. The van der Waals surface area contributed by atoms with Gasteiger partial charge in [0.1, 0.15) is 5.82 Å². The summed E-state index contributed by atoms with van der Waals surface area (Å²) in [5.41, 5.74) is 3.30. The molecule has 0 aliphatic heterocycles. The van der Waals surface area contributed by atoms with Gasteiger partial charge in [-0.2, -0.15) is 0 Å². The smallest absolute Gasteiger partial charge is 0.191 e. The third kappa shape index (κ3) is 4.81. The minimum atomic E-state index is -0.172. The summed E-state index contributed by atoms with van der Waals surface area (Å²) < 4.78 is 13.5. The second-order valence-electron chi connectivity index (χ2n) is 6.97. The summed E-state index contributed by atoms with van der Waals surface area (Å²) in [5, 5.41) is 6.67. The number of hydrogen-bond acceptors (Lipinski definition) is 2. The van der Waals surface area contributed by atoms with Crippen LogP contribution >= 0.6 is 0 Å². The zero-order valence-corrected chi connectivity index (χ0v) is 15.6. The average Bonchev–Trinajstić information content (AvgIpc) is 3.43. The lowest BCUT2D eigenvalue weighted by atomic mass is 9.96. The van der Waals surface area contributed by atoms with E-state index in [1.54, 1.807) is 12.1 Å². The molecule has 0 radical (unpaired) electrons. The molecule has 0 spiro atoms. The van der Waals surface area contributed by atoms with E-state index in [-0.39, 0.29) is 11.2 Å². The maximum absolute atomic E-state index is 13.5. The predicted octanol–water partition coefficient (Wildman–Crippen LogP) is 3.36. The Morgan fingerprint density at radius 3 is 2.73 bits per heavy atom. The van der Waals surface area contributed by atoms with E-state index in [4.69, 9.17) is 4.99 Å². The van der Waals surface area contributed by atoms with Gasteiger partial charge in [0.2, 0.25) is 0 Å². The lowest BCUT2D eigenvalue weighted by molar-refractivity contribution is 0.615. The second kappa shape index (κ2) is 8.30. The van der Waals surface area contributed by atoms with E-state index in [2.05, 4.69) is 28.6 Å². The van der Waals surface area contributed by atoms with Gasteiger partial charge in [-0.3, -0.25) is 9.98 Å². The Morgan fingerprint density at radius 1 is 1.23 bits per heavy atom. The van der Waals surface area contributed by atoms with Crippen molar-refractivity contribution in [3.05, 3.63) is 65.2 Å². The molecular weight excluding hydrogens is 327 g/mol. The number of guanidine groups is 1.